The van der Waals surface area contributed by atoms with Crippen LogP contribution in [0.2, 0.25) is 0 Å². The summed E-state index contributed by atoms with van der Waals surface area (Å²) < 4.78 is 5.60. The number of hydrazine groups is 1. The minimum Gasteiger partial charge on any atom is -0.508 e. The van der Waals surface area contributed by atoms with Crippen LogP contribution in [0.4, 0.5) is 0 Å². The van der Waals surface area contributed by atoms with Gasteiger partial charge in [-0.25, -0.2) is 16.3 Å². The third-order valence-corrected chi connectivity index (χ3v) is 4.57. The van der Waals surface area contributed by atoms with Gasteiger partial charge in [0, 0.05) is 11.6 Å². The molecule has 0 spiro atoms. The molecule has 148 valence electrons. The van der Waals surface area contributed by atoms with Gasteiger partial charge in [0.05, 0.1) is 12.3 Å². The van der Waals surface area contributed by atoms with Gasteiger partial charge in [-0.2, -0.15) is 5.10 Å². The Balaban J connectivity index is 1.54. The van der Waals surface area contributed by atoms with Crippen molar-refractivity contribution < 1.29 is 14.6 Å². The Labute approximate surface area is 164 Å². The summed E-state index contributed by atoms with van der Waals surface area (Å²) in [6.07, 6.45) is 1.59. The first-order valence-electron chi connectivity index (χ1n) is 9.44. The molecule has 28 heavy (non-hydrogen) atoms. The molecule has 4 N–H and O–H groups in total. The molecule has 2 atom stereocenters. The van der Waals surface area contributed by atoms with E-state index in [1.54, 1.807) is 25.1 Å². The molecule has 2 aromatic rings. The van der Waals surface area contributed by atoms with Crippen molar-refractivity contribution in [1.82, 2.24) is 16.3 Å². The number of ether oxygens (including phenoxy) is 1. The largest absolute Gasteiger partial charge is 0.508 e. The Morgan fingerprint density at radius 3 is 2.75 bits per heavy atom. The predicted octanol–water partition coefficient (Wildman–Crippen LogP) is 2.63. The average molecular weight is 382 g/mol. The van der Waals surface area contributed by atoms with Crippen LogP contribution < -0.4 is 21.0 Å². The van der Waals surface area contributed by atoms with E-state index < -0.39 is 0 Å². The van der Waals surface area contributed by atoms with Gasteiger partial charge in [0.2, 0.25) is 0 Å². The number of amides is 1. The number of aromatic hydroxyl groups is 1. The Hall–Kier alpha value is -2.90. The number of phenols is 1. The van der Waals surface area contributed by atoms with Gasteiger partial charge < -0.3 is 9.84 Å². The summed E-state index contributed by atoms with van der Waals surface area (Å²) in [7, 11) is 0. The second kappa shape index (κ2) is 9.34. The Kier molecular flexibility index (Phi) is 6.62. The number of nitrogens with zero attached hydrogens (tertiary/aromatic N) is 1. The molecule has 1 amide bonds. The number of benzene rings is 2. The average Bonchev–Trinajstić information content (AvgIpc) is 3.21. The van der Waals surface area contributed by atoms with Gasteiger partial charge >= 0.3 is 0 Å². The fourth-order valence-electron chi connectivity index (χ4n) is 2.98. The van der Waals surface area contributed by atoms with Crippen LogP contribution in [0, 0.1) is 0 Å². The molecule has 0 aliphatic carbocycles. The summed E-state index contributed by atoms with van der Waals surface area (Å²) in [5.41, 5.74) is 11.2. The van der Waals surface area contributed by atoms with E-state index in [2.05, 4.69) is 28.3 Å². The Morgan fingerprint density at radius 1 is 1.25 bits per heavy atom. The lowest BCUT2D eigenvalue weighted by Gasteiger charge is -2.11. The van der Waals surface area contributed by atoms with Crippen molar-refractivity contribution in [3.05, 3.63) is 59.7 Å². The number of nitrogens with one attached hydrogen (secondary N) is 3. The molecule has 0 saturated carbocycles. The van der Waals surface area contributed by atoms with Crippen LogP contribution in [0.3, 0.4) is 0 Å². The van der Waals surface area contributed by atoms with Gasteiger partial charge in [-0.3, -0.25) is 4.79 Å². The van der Waals surface area contributed by atoms with Crippen LogP contribution in [0.1, 0.15) is 43.9 Å². The SMILES string of the molecule is CCCOc1ccc(C2CC(C(=O)N/N=C(\C)c3cccc(O)c3)NN2)cc1. The minimum atomic E-state index is -0.387. The van der Waals surface area contributed by atoms with Crippen LogP contribution in [0.5, 0.6) is 11.5 Å². The van der Waals surface area contributed by atoms with Crippen molar-refractivity contribution in [2.24, 2.45) is 5.10 Å². The van der Waals surface area contributed by atoms with Crippen LogP contribution in [0.15, 0.2) is 53.6 Å². The van der Waals surface area contributed by atoms with Crippen LogP contribution >= 0.6 is 0 Å². The van der Waals surface area contributed by atoms with Gasteiger partial charge in [0.15, 0.2) is 0 Å². The summed E-state index contributed by atoms with van der Waals surface area (Å²) in [4.78, 5) is 12.4. The molecule has 3 rings (SSSR count). The second-order valence-corrected chi connectivity index (χ2v) is 6.77. The summed E-state index contributed by atoms with van der Waals surface area (Å²) in [5, 5.41) is 13.7. The monoisotopic (exact) mass is 382 g/mol. The number of carbonyl (C=O) groups is 1. The number of phenolic OH excluding ortho intramolecular Hbond substituents is 1. The first-order chi connectivity index (χ1) is 13.6. The second-order valence-electron chi connectivity index (χ2n) is 6.77. The maximum atomic E-state index is 12.4. The van der Waals surface area contributed by atoms with Gasteiger partial charge in [-0.15, -0.1) is 0 Å². The van der Waals surface area contributed by atoms with Crippen LogP contribution in [0.25, 0.3) is 0 Å². The molecule has 2 aromatic carbocycles. The van der Waals surface area contributed by atoms with Crippen LogP contribution in [-0.4, -0.2) is 29.4 Å². The maximum Gasteiger partial charge on any atom is 0.258 e. The van der Waals surface area contributed by atoms with Crippen molar-refractivity contribution in [1.29, 1.82) is 0 Å². The molecule has 7 heteroatoms. The van der Waals surface area contributed by atoms with Crippen molar-refractivity contribution in [3.63, 3.8) is 0 Å². The van der Waals surface area contributed by atoms with Crippen molar-refractivity contribution in [2.45, 2.75) is 38.8 Å². The lowest BCUT2D eigenvalue weighted by atomic mass is 10.0. The van der Waals surface area contributed by atoms with E-state index in [-0.39, 0.29) is 23.7 Å². The maximum absolute atomic E-state index is 12.4. The smallest absolute Gasteiger partial charge is 0.258 e. The number of carbonyl (C=O) groups excluding carboxylic acids is 1. The van der Waals surface area contributed by atoms with E-state index in [0.717, 1.165) is 23.3 Å². The molecule has 7 nitrogen and oxygen atoms in total. The fourth-order valence-corrected chi connectivity index (χ4v) is 2.98. The highest BCUT2D eigenvalue weighted by Crippen LogP contribution is 2.24. The highest BCUT2D eigenvalue weighted by atomic mass is 16.5. The highest BCUT2D eigenvalue weighted by molar-refractivity contribution is 5.99. The molecular weight excluding hydrogens is 356 g/mol. The van der Waals surface area contributed by atoms with E-state index in [9.17, 15) is 9.90 Å². The van der Waals surface area contributed by atoms with Crippen LogP contribution in [-0.2, 0) is 4.79 Å². The molecule has 1 fully saturated rings. The van der Waals surface area contributed by atoms with Gasteiger partial charge in [0.1, 0.15) is 17.5 Å². The summed E-state index contributed by atoms with van der Waals surface area (Å²) >= 11 is 0. The molecule has 0 radical (unpaired) electrons. The molecule has 1 saturated heterocycles. The van der Waals surface area contributed by atoms with Crippen molar-refractivity contribution >= 4 is 11.6 Å². The van der Waals surface area contributed by atoms with Crippen molar-refractivity contribution in [3.8, 4) is 11.5 Å². The van der Waals surface area contributed by atoms with E-state index in [1.165, 1.54) is 0 Å². The van der Waals surface area contributed by atoms with Gasteiger partial charge in [0.25, 0.3) is 5.91 Å². The topological polar surface area (TPSA) is 95.0 Å². The number of rotatable bonds is 7. The number of hydrogen-bond acceptors (Lipinski definition) is 6. The highest BCUT2D eigenvalue weighted by Gasteiger charge is 2.30. The molecule has 2 unspecified atom stereocenters. The molecule has 0 aromatic heterocycles. The van der Waals surface area contributed by atoms with Crippen molar-refractivity contribution in [2.75, 3.05) is 6.61 Å². The number of hydrazone groups is 1. The van der Waals surface area contributed by atoms with Gasteiger partial charge in [-0.05, 0) is 49.6 Å². The lowest BCUT2D eigenvalue weighted by molar-refractivity contribution is -0.122. The zero-order valence-electron chi connectivity index (χ0n) is 16.1. The zero-order chi connectivity index (χ0) is 19.9. The first kappa shape index (κ1) is 19.9. The number of hydrogen-bond donors (Lipinski definition) is 4. The third kappa shape index (κ3) is 5.09. The zero-order valence-corrected chi connectivity index (χ0v) is 16.1. The molecule has 0 bridgehead atoms. The summed E-state index contributed by atoms with van der Waals surface area (Å²) in [6.45, 7) is 4.55. The quantitative estimate of drug-likeness (QED) is 0.436. The van der Waals surface area contributed by atoms with E-state index in [4.69, 9.17) is 4.74 Å². The fraction of sp³-hybridized carbons (Fsp3) is 0.333. The van der Waals surface area contributed by atoms with E-state index in [1.807, 2.05) is 30.3 Å². The molecule has 1 aliphatic heterocycles. The summed E-state index contributed by atoms with van der Waals surface area (Å²) in [6, 6.07) is 14.3. The first-order valence-corrected chi connectivity index (χ1v) is 9.44. The Morgan fingerprint density at radius 2 is 2.04 bits per heavy atom. The van der Waals surface area contributed by atoms with E-state index in [0.29, 0.717) is 18.7 Å². The normalized spacial score (nSPS) is 19.4. The third-order valence-electron chi connectivity index (χ3n) is 4.57. The summed E-state index contributed by atoms with van der Waals surface area (Å²) in [5.74, 6) is 0.800. The standard InChI is InChI=1S/C21H26N4O3/c1-3-11-28-18-9-7-15(8-10-18)19-13-20(24-23-19)21(27)25-22-14(2)16-5-4-6-17(26)12-16/h4-10,12,19-20,23-24,26H,3,11,13H2,1-2H3,(H,25,27)/b22-14+. The molecule has 1 aliphatic rings. The lowest BCUT2D eigenvalue weighted by Crippen LogP contribution is -2.41. The van der Waals surface area contributed by atoms with E-state index >= 15 is 0 Å². The molecule has 1 heterocycles. The molecular formula is C21H26N4O3. The predicted molar refractivity (Wildman–Crippen MR) is 108 cm³/mol. The minimum absolute atomic E-state index is 0.0344. The van der Waals surface area contributed by atoms with Gasteiger partial charge in [-0.1, -0.05) is 31.2 Å². The Bertz CT molecular complexity index is 836.